The number of ether oxygens (including phenoxy) is 1. The third-order valence-corrected chi connectivity index (χ3v) is 4.29. The molecule has 2 heterocycles. The molecule has 1 aromatic heterocycles. The van der Waals surface area contributed by atoms with Gasteiger partial charge < -0.3 is 9.64 Å². The lowest BCUT2D eigenvalue weighted by Crippen LogP contribution is -2.25. The molecule has 19 heavy (non-hydrogen) atoms. The van der Waals surface area contributed by atoms with E-state index in [9.17, 15) is 4.79 Å². The first-order valence-corrected chi connectivity index (χ1v) is 6.98. The number of anilines is 1. The molecule has 98 valence electrons. The van der Waals surface area contributed by atoms with Crippen molar-refractivity contribution in [2.24, 2.45) is 0 Å². The van der Waals surface area contributed by atoms with Gasteiger partial charge in [-0.2, -0.15) is 0 Å². The van der Waals surface area contributed by atoms with E-state index in [1.165, 1.54) is 11.3 Å². The normalized spacial score (nSPS) is 14.5. The number of benzene rings is 1. The van der Waals surface area contributed by atoms with E-state index in [0.29, 0.717) is 11.5 Å². The van der Waals surface area contributed by atoms with Crippen LogP contribution in [0.15, 0.2) is 24.3 Å². The number of hydrogen-bond acceptors (Lipinski definition) is 5. The number of carbonyl (C=O) groups is 1. The van der Waals surface area contributed by atoms with Gasteiger partial charge in [0.25, 0.3) is 0 Å². The molecule has 0 aliphatic carbocycles. The molecule has 1 aliphatic heterocycles. The van der Waals surface area contributed by atoms with Gasteiger partial charge in [0, 0.05) is 12.1 Å². The van der Waals surface area contributed by atoms with E-state index >= 15 is 0 Å². The maximum absolute atomic E-state index is 10.9. The molecule has 0 unspecified atom stereocenters. The lowest BCUT2D eigenvalue weighted by Gasteiger charge is -2.18. The summed E-state index contributed by atoms with van der Waals surface area (Å²) in [6, 6.07) is 8.04. The summed E-state index contributed by atoms with van der Waals surface area (Å²) < 4.78 is 5.73. The zero-order chi connectivity index (χ0) is 13.2. The van der Waals surface area contributed by atoms with E-state index in [4.69, 9.17) is 4.74 Å². The van der Waals surface area contributed by atoms with Crippen molar-refractivity contribution >= 4 is 22.8 Å². The SMILES string of the molecule is Cc1nc(N2CCOc3ccccc3C2)sc1C=O. The molecule has 0 bridgehead atoms. The summed E-state index contributed by atoms with van der Waals surface area (Å²) in [5.41, 5.74) is 1.95. The predicted octanol–water partition coefficient (Wildman–Crippen LogP) is 2.66. The molecule has 0 spiro atoms. The molecule has 0 atom stereocenters. The summed E-state index contributed by atoms with van der Waals surface area (Å²) in [5.74, 6) is 0.939. The fraction of sp³-hybridized carbons (Fsp3) is 0.286. The van der Waals surface area contributed by atoms with Gasteiger partial charge in [-0.25, -0.2) is 4.98 Å². The minimum atomic E-state index is 0.631. The van der Waals surface area contributed by atoms with Crippen molar-refractivity contribution < 1.29 is 9.53 Å². The van der Waals surface area contributed by atoms with Crippen molar-refractivity contribution in [1.82, 2.24) is 4.98 Å². The minimum Gasteiger partial charge on any atom is -0.491 e. The number of aldehydes is 1. The number of fused-ring (bicyclic) bond motifs is 1. The van der Waals surface area contributed by atoms with Gasteiger partial charge in [-0.1, -0.05) is 29.5 Å². The van der Waals surface area contributed by atoms with Crippen molar-refractivity contribution in [3.63, 3.8) is 0 Å². The molecule has 0 saturated carbocycles. The number of nitrogens with zero attached hydrogens (tertiary/aromatic N) is 2. The Balaban J connectivity index is 1.91. The molecule has 1 aliphatic rings. The van der Waals surface area contributed by atoms with Crippen LogP contribution in [0.2, 0.25) is 0 Å². The van der Waals surface area contributed by atoms with Crippen LogP contribution >= 0.6 is 11.3 Å². The van der Waals surface area contributed by atoms with Gasteiger partial charge in [-0.05, 0) is 13.0 Å². The van der Waals surface area contributed by atoms with Crippen LogP contribution in [-0.4, -0.2) is 24.4 Å². The highest BCUT2D eigenvalue weighted by atomic mass is 32.1. The van der Waals surface area contributed by atoms with Gasteiger partial charge in [0.15, 0.2) is 11.4 Å². The zero-order valence-corrected chi connectivity index (χ0v) is 11.4. The number of aryl methyl sites for hydroxylation is 1. The Morgan fingerprint density at radius 3 is 3.05 bits per heavy atom. The van der Waals surface area contributed by atoms with E-state index in [0.717, 1.165) is 41.5 Å². The maximum atomic E-state index is 10.9. The molecule has 0 N–H and O–H groups in total. The van der Waals surface area contributed by atoms with Crippen LogP contribution in [0, 0.1) is 6.92 Å². The number of carbonyl (C=O) groups excluding carboxylic acids is 1. The number of hydrogen-bond donors (Lipinski definition) is 0. The Bertz CT molecular complexity index is 609. The fourth-order valence-electron chi connectivity index (χ4n) is 2.13. The van der Waals surface area contributed by atoms with Gasteiger partial charge in [-0.3, -0.25) is 4.79 Å². The highest BCUT2D eigenvalue weighted by molar-refractivity contribution is 7.17. The van der Waals surface area contributed by atoms with Gasteiger partial charge in [0.1, 0.15) is 12.4 Å². The predicted molar refractivity (Wildman–Crippen MR) is 75.2 cm³/mol. The Morgan fingerprint density at radius 2 is 2.26 bits per heavy atom. The van der Waals surface area contributed by atoms with Crippen LogP contribution < -0.4 is 9.64 Å². The number of aromatic nitrogens is 1. The van der Waals surface area contributed by atoms with Gasteiger partial charge in [-0.15, -0.1) is 0 Å². The van der Waals surface area contributed by atoms with E-state index in [1.807, 2.05) is 25.1 Å². The maximum Gasteiger partial charge on any atom is 0.186 e. The van der Waals surface area contributed by atoms with Gasteiger partial charge in [0.2, 0.25) is 0 Å². The second-order valence-corrected chi connectivity index (χ2v) is 5.45. The first-order chi connectivity index (χ1) is 9.28. The summed E-state index contributed by atoms with van der Waals surface area (Å²) in [5, 5.41) is 0.889. The highest BCUT2D eigenvalue weighted by Crippen LogP contribution is 2.29. The van der Waals surface area contributed by atoms with Crippen LogP contribution in [0.4, 0.5) is 5.13 Å². The Kier molecular flexibility index (Phi) is 3.21. The molecule has 3 rings (SSSR count). The van der Waals surface area contributed by atoms with Crippen LogP contribution in [0.3, 0.4) is 0 Å². The largest absolute Gasteiger partial charge is 0.491 e. The second kappa shape index (κ2) is 5.01. The van der Waals surface area contributed by atoms with Crippen molar-refractivity contribution in [3.05, 3.63) is 40.4 Å². The average Bonchev–Trinajstić information content (AvgIpc) is 2.68. The molecule has 1 aromatic carbocycles. The molecule has 0 radical (unpaired) electrons. The van der Waals surface area contributed by atoms with Gasteiger partial charge >= 0.3 is 0 Å². The lowest BCUT2D eigenvalue weighted by molar-refractivity contribution is 0.112. The summed E-state index contributed by atoms with van der Waals surface area (Å²) in [7, 11) is 0. The van der Waals surface area contributed by atoms with Crippen molar-refractivity contribution in [1.29, 1.82) is 0 Å². The fourth-order valence-corrected chi connectivity index (χ4v) is 3.03. The zero-order valence-electron chi connectivity index (χ0n) is 10.6. The monoisotopic (exact) mass is 274 g/mol. The summed E-state index contributed by atoms with van der Waals surface area (Å²) in [6.07, 6.45) is 0.874. The van der Waals surface area contributed by atoms with Crippen molar-refractivity contribution in [2.75, 3.05) is 18.1 Å². The number of para-hydroxylation sites is 1. The summed E-state index contributed by atoms with van der Waals surface area (Å²) in [6.45, 7) is 4.04. The van der Waals surface area contributed by atoms with Crippen LogP contribution in [-0.2, 0) is 6.54 Å². The number of thiazole rings is 1. The third-order valence-electron chi connectivity index (χ3n) is 3.15. The minimum absolute atomic E-state index is 0.631. The Labute approximate surface area is 115 Å². The molecule has 2 aromatic rings. The molecular formula is C14H14N2O2S. The quantitative estimate of drug-likeness (QED) is 0.790. The second-order valence-electron chi connectivity index (χ2n) is 4.44. The summed E-state index contributed by atoms with van der Waals surface area (Å²) in [4.78, 5) is 18.3. The lowest BCUT2D eigenvalue weighted by atomic mass is 10.2. The van der Waals surface area contributed by atoms with Crippen molar-refractivity contribution in [3.8, 4) is 5.75 Å². The van der Waals surface area contributed by atoms with E-state index in [1.54, 1.807) is 0 Å². The van der Waals surface area contributed by atoms with E-state index < -0.39 is 0 Å². The Hall–Kier alpha value is -1.88. The van der Waals surface area contributed by atoms with Gasteiger partial charge in [0.05, 0.1) is 17.1 Å². The topological polar surface area (TPSA) is 42.4 Å². The molecule has 4 nitrogen and oxygen atoms in total. The molecular weight excluding hydrogens is 260 g/mol. The van der Waals surface area contributed by atoms with Crippen LogP contribution in [0.1, 0.15) is 20.9 Å². The Morgan fingerprint density at radius 1 is 1.42 bits per heavy atom. The molecule has 5 heteroatoms. The standard InChI is InChI=1S/C14H14N2O2S/c1-10-13(9-17)19-14(15-10)16-6-7-18-12-5-3-2-4-11(12)8-16/h2-5,9H,6-8H2,1H3. The first kappa shape index (κ1) is 12.2. The smallest absolute Gasteiger partial charge is 0.186 e. The van der Waals surface area contributed by atoms with Crippen molar-refractivity contribution in [2.45, 2.75) is 13.5 Å². The van der Waals surface area contributed by atoms with E-state index in [-0.39, 0.29) is 0 Å². The average molecular weight is 274 g/mol. The number of rotatable bonds is 2. The van der Waals surface area contributed by atoms with Crippen LogP contribution in [0.25, 0.3) is 0 Å². The van der Waals surface area contributed by atoms with E-state index in [2.05, 4.69) is 16.0 Å². The molecule has 0 saturated heterocycles. The summed E-state index contributed by atoms with van der Waals surface area (Å²) >= 11 is 1.44. The van der Waals surface area contributed by atoms with Crippen LogP contribution in [0.5, 0.6) is 5.75 Å². The third kappa shape index (κ3) is 2.33. The first-order valence-electron chi connectivity index (χ1n) is 6.16. The molecule has 0 amide bonds. The highest BCUT2D eigenvalue weighted by Gasteiger charge is 2.18. The molecule has 0 fully saturated rings.